The maximum atomic E-state index is 11.7. The minimum absolute atomic E-state index is 0.207. The molecule has 0 aromatic heterocycles. The molecule has 0 saturated carbocycles. The van der Waals surface area contributed by atoms with Crippen LogP contribution in [0.4, 0.5) is 5.69 Å². The molecule has 0 radical (unpaired) electrons. The van der Waals surface area contributed by atoms with Crippen LogP contribution in [0, 0.1) is 6.92 Å². The molecule has 1 aromatic carbocycles. The molecule has 4 unspecified atom stereocenters. The number of hydrogen-bond donors (Lipinski definition) is 2. The fraction of sp³-hybridized carbons (Fsp3) is 0.727. The van der Waals surface area contributed by atoms with Gasteiger partial charge in [0.2, 0.25) is 5.79 Å². The molecule has 2 N–H and O–H groups in total. The number of para-hydroxylation sites is 1. The summed E-state index contributed by atoms with van der Waals surface area (Å²) in [6, 6.07) is 8.02. The van der Waals surface area contributed by atoms with Gasteiger partial charge in [0.1, 0.15) is 12.2 Å². The highest BCUT2D eigenvalue weighted by Crippen LogP contribution is 2.35. The fourth-order valence-corrected chi connectivity index (χ4v) is 6.92. The van der Waals surface area contributed by atoms with Crippen LogP contribution < -0.4 is 5.32 Å². The van der Waals surface area contributed by atoms with Crippen molar-refractivity contribution in [2.24, 2.45) is 0 Å². The molecule has 31 heavy (non-hydrogen) atoms. The van der Waals surface area contributed by atoms with Gasteiger partial charge in [0, 0.05) is 5.69 Å². The SMILES string of the molecule is Cc1ccccc1NCC1(O)OCC(O[Si](C)(C)C)C(O[Si](C)(C)C)C1O[Si](C)(C)C. The summed E-state index contributed by atoms with van der Waals surface area (Å²) in [4.78, 5) is 0. The first-order chi connectivity index (χ1) is 14.0. The van der Waals surface area contributed by atoms with Crippen molar-refractivity contribution in [1.82, 2.24) is 0 Å². The Morgan fingerprint density at radius 1 is 0.935 bits per heavy atom. The number of hydrogen-bond acceptors (Lipinski definition) is 6. The van der Waals surface area contributed by atoms with Gasteiger partial charge in [-0.3, -0.25) is 0 Å². The van der Waals surface area contributed by atoms with E-state index in [0.29, 0.717) is 0 Å². The number of anilines is 1. The second-order valence-corrected chi connectivity index (χ2v) is 24.8. The molecule has 6 nitrogen and oxygen atoms in total. The molecule has 1 fully saturated rings. The largest absolute Gasteiger partial charge is 0.410 e. The molecule has 0 spiro atoms. The van der Waals surface area contributed by atoms with Crippen molar-refractivity contribution in [1.29, 1.82) is 0 Å². The van der Waals surface area contributed by atoms with Gasteiger partial charge in [0.15, 0.2) is 25.0 Å². The molecular weight excluding hydrogens is 443 g/mol. The van der Waals surface area contributed by atoms with Gasteiger partial charge < -0.3 is 28.4 Å². The Labute approximate surface area is 192 Å². The highest BCUT2D eigenvalue weighted by molar-refractivity contribution is 6.70. The molecule has 2 rings (SSSR count). The maximum Gasteiger partial charge on any atom is 0.211 e. The van der Waals surface area contributed by atoms with E-state index in [-0.39, 0.29) is 25.4 Å². The van der Waals surface area contributed by atoms with Crippen molar-refractivity contribution in [2.45, 2.75) is 89.9 Å². The normalized spacial score (nSPS) is 27.9. The van der Waals surface area contributed by atoms with Gasteiger partial charge in [-0.05, 0) is 77.5 Å². The van der Waals surface area contributed by atoms with E-state index in [2.05, 4.69) is 64.2 Å². The Morgan fingerprint density at radius 2 is 1.48 bits per heavy atom. The first kappa shape index (κ1) is 26.7. The summed E-state index contributed by atoms with van der Waals surface area (Å²) in [5.41, 5.74) is 2.08. The lowest BCUT2D eigenvalue weighted by Gasteiger charge is -2.51. The molecule has 1 aliphatic heterocycles. The lowest BCUT2D eigenvalue weighted by atomic mass is 9.96. The smallest absolute Gasteiger partial charge is 0.211 e. The van der Waals surface area contributed by atoms with Crippen molar-refractivity contribution in [3.05, 3.63) is 29.8 Å². The van der Waals surface area contributed by atoms with Crippen LogP contribution in [0.3, 0.4) is 0 Å². The molecule has 4 atom stereocenters. The van der Waals surface area contributed by atoms with E-state index in [1.165, 1.54) is 0 Å². The Bertz CT molecular complexity index is 729. The third-order valence-corrected chi connectivity index (χ3v) is 7.71. The maximum absolute atomic E-state index is 11.7. The van der Waals surface area contributed by atoms with Crippen LogP contribution in [0.5, 0.6) is 0 Å². The molecule has 1 aliphatic rings. The predicted octanol–water partition coefficient (Wildman–Crippen LogP) is 4.79. The Morgan fingerprint density at radius 3 is 2.00 bits per heavy atom. The average Bonchev–Trinajstić information content (AvgIpc) is 2.57. The van der Waals surface area contributed by atoms with E-state index in [4.69, 9.17) is 18.0 Å². The summed E-state index contributed by atoms with van der Waals surface area (Å²) >= 11 is 0. The fourth-order valence-electron chi connectivity index (χ4n) is 3.64. The molecule has 0 amide bonds. The number of ether oxygens (including phenoxy) is 1. The standard InChI is InChI=1S/C22H43NO5Si3/c1-17-13-11-12-14-18(17)23-16-22(24)21(28-31(8,9)10)20(27-30(5,6)7)19(15-25-22)26-29(2,3)4/h11-14,19-21,23-24H,15-16H2,1-10H3. The van der Waals surface area contributed by atoms with Gasteiger partial charge >= 0.3 is 0 Å². The van der Waals surface area contributed by atoms with Gasteiger partial charge in [-0.2, -0.15) is 0 Å². The monoisotopic (exact) mass is 485 g/mol. The molecule has 0 bridgehead atoms. The van der Waals surface area contributed by atoms with Gasteiger partial charge in [-0.15, -0.1) is 0 Å². The number of rotatable bonds is 9. The first-order valence-corrected chi connectivity index (χ1v) is 21.4. The van der Waals surface area contributed by atoms with Gasteiger partial charge in [0.05, 0.1) is 19.3 Å². The van der Waals surface area contributed by atoms with Gasteiger partial charge in [-0.1, -0.05) is 18.2 Å². The van der Waals surface area contributed by atoms with Crippen molar-refractivity contribution < 1.29 is 23.1 Å². The van der Waals surface area contributed by atoms with Crippen LogP contribution in [0.1, 0.15) is 5.56 Å². The van der Waals surface area contributed by atoms with Gasteiger partial charge in [0.25, 0.3) is 0 Å². The Kier molecular flexibility index (Phi) is 8.41. The third-order valence-electron chi connectivity index (χ3n) is 4.76. The van der Waals surface area contributed by atoms with Crippen LogP contribution in [0.15, 0.2) is 24.3 Å². The lowest BCUT2D eigenvalue weighted by Crippen LogP contribution is -2.69. The molecule has 1 heterocycles. The Balaban J connectivity index is 2.38. The molecule has 1 saturated heterocycles. The van der Waals surface area contributed by atoms with Crippen LogP contribution in [0.2, 0.25) is 58.9 Å². The summed E-state index contributed by atoms with van der Waals surface area (Å²) in [6.07, 6.45) is -1.29. The quantitative estimate of drug-likeness (QED) is 0.490. The molecule has 1 aromatic rings. The van der Waals surface area contributed by atoms with Gasteiger partial charge in [-0.25, -0.2) is 0 Å². The zero-order valence-corrected chi connectivity index (χ0v) is 24.0. The number of aryl methyl sites for hydroxylation is 1. The van der Waals surface area contributed by atoms with E-state index in [1.54, 1.807) is 0 Å². The zero-order valence-electron chi connectivity index (χ0n) is 21.0. The van der Waals surface area contributed by atoms with E-state index in [0.717, 1.165) is 11.3 Å². The van der Waals surface area contributed by atoms with E-state index < -0.39 is 36.8 Å². The number of benzene rings is 1. The molecule has 178 valence electrons. The molecule has 9 heteroatoms. The summed E-state index contributed by atoms with van der Waals surface area (Å²) in [5.74, 6) is -1.52. The molecule has 0 aliphatic carbocycles. The van der Waals surface area contributed by atoms with Crippen molar-refractivity contribution in [2.75, 3.05) is 18.5 Å². The predicted molar refractivity (Wildman–Crippen MR) is 135 cm³/mol. The third kappa shape index (κ3) is 8.39. The second-order valence-electron chi connectivity index (χ2n) is 11.4. The first-order valence-electron chi connectivity index (χ1n) is 11.2. The van der Waals surface area contributed by atoms with Crippen molar-refractivity contribution in [3.63, 3.8) is 0 Å². The number of nitrogens with one attached hydrogen (secondary N) is 1. The Hall–Kier alpha value is -0.529. The average molecular weight is 486 g/mol. The van der Waals surface area contributed by atoms with Crippen LogP contribution in [-0.2, 0) is 18.0 Å². The van der Waals surface area contributed by atoms with E-state index in [1.807, 2.05) is 31.2 Å². The highest BCUT2D eigenvalue weighted by Gasteiger charge is 2.54. The minimum Gasteiger partial charge on any atom is -0.410 e. The second kappa shape index (κ2) is 9.76. The van der Waals surface area contributed by atoms with E-state index in [9.17, 15) is 5.11 Å². The van der Waals surface area contributed by atoms with Crippen LogP contribution >= 0.6 is 0 Å². The summed E-state index contributed by atoms with van der Waals surface area (Å²) in [5, 5.41) is 15.1. The van der Waals surface area contributed by atoms with Crippen molar-refractivity contribution in [3.8, 4) is 0 Å². The summed E-state index contributed by atoms with van der Waals surface area (Å²) in [6.45, 7) is 21.8. The summed E-state index contributed by atoms with van der Waals surface area (Å²) in [7, 11) is -5.85. The lowest BCUT2D eigenvalue weighted by molar-refractivity contribution is -0.304. The highest BCUT2D eigenvalue weighted by atomic mass is 28.4. The zero-order chi connectivity index (χ0) is 23.7. The van der Waals surface area contributed by atoms with E-state index >= 15 is 0 Å². The van der Waals surface area contributed by atoms with Crippen LogP contribution in [-0.4, -0.2) is 67.3 Å². The number of aliphatic hydroxyl groups is 1. The minimum atomic E-state index is -2.03. The van der Waals surface area contributed by atoms with Crippen LogP contribution in [0.25, 0.3) is 0 Å². The molecular formula is C22H43NO5Si3. The summed E-state index contributed by atoms with van der Waals surface area (Å²) < 4.78 is 25.8. The van der Waals surface area contributed by atoms with Crippen molar-refractivity contribution >= 4 is 30.6 Å². The topological polar surface area (TPSA) is 69.2 Å².